The summed E-state index contributed by atoms with van der Waals surface area (Å²) in [4.78, 5) is 26.6. The number of carbonyl (C=O) groups is 2. The Morgan fingerprint density at radius 2 is 0.780 bits per heavy atom. The Morgan fingerprint density at radius 3 is 1.07 bits per heavy atom. The van der Waals surface area contributed by atoms with E-state index in [1.165, 1.54) is 22.3 Å². The van der Waals surface area contributed by atoms with Gasteiger partial charge in [-0.1, -0.05) is 69.9 Å². The maximum Gasteiger partial charge on any atom is 0.324 e. The fourth-order valence-electron chi connectivity index (χ4n) is 4.41. The first-order valence-corrected chi connectivity index (χ1v) is 15.6. The second-order valence-corrected chi connectivity index (χ2v) is 11.9. The number of hydrogen-bond donors (Lipinski definition) is 0. The Hall–Kier alpha value is -2.62. The Balaban J connectivity index is 5.61. The topological polar surface area (TPSA) is 52.6 Å². The summed E-state index contributed by atoms with van der Waals surface area (Å²) in [6.07, 6.45) is 21.7. The SMILES string of the molecule is CCOC(=O)C(CC=C(C)CCC=C(C)CCC=C(C)C)(CC=C(C)CCC=C(C)CCC=C(C)C)C(=O)OCC. The first kappa shape index (κ1) is 38.4. The van der Waals surface area contributed by atoms with Gasteiger partial charge in [0.25, 0.3) is 0 Å². The van der Waals surface area contributed by atoms with Crippen LogP contribution in [0.25, 0.3) is 0 Å². The van der Waals surface area contributed by atoms with Gasteiger partial charge in [-0.15, -0.1) is 0 Å². The molecule has 0 aliphatic rings. The van der Waals surface area contributed by atoms with Crippen molar-refractivity contribution < 1.29 is 19.1 Å². The van der Waals surface area contributed by atoms with Crippen LogP contribution in [0.15, 0.2) is 69.9 Å². The third-order valence-electron chi connectivity index (χ3n) is 7.18. The summed E-state index contributed by atoms with van der Waals surface area (Å²) in [5.41, 5.74) is 6.43. The molecular weight excluding hydrogens is 508 g/mol. The maximum absolute atomic E-state index is 13.3. The number of hydrogen-bond acceptors (Lipinski definition) is 4. The Labute approximate surface area is 252 Å². The third-order valence-corrected chi connectivity index (χ3v) is 7.18. The van der Waals surface area contributed by atoms with Gasteiger partial charge in [-0.25, -0.2) is 0 Å². The van der Waals surface area contributed by atoms with Crippen LogP contribution in [0.2, 0.25) is 0 Å². The summed E-state index contributed by atoms with van der Waals surface area (Å²) in [6.45, 7) is 21.0. The molecule has 4 heteroatoms. The highest BCUT2D eigenvalue weighted by Gasteiger charge is 2.47. The summed E-state index contributed by atoms with van der Waals surface area (Å²) in [7, 11) is 0. The molecule has 0 bridgehead atoms. The largest absolute Gasteiger partial charge is 0.465 e. The summed E-state index contributed by atoms with van der Waals surface area (Å²) in [6, 6.07) is 0. The monoisotopic (exact) mass is 568 g/mol. The smallest absolute Gasteiger partial charge is 0.324 e. The summed E-state index contributed by atoms with van der Waals surface area (Å²) in [5, 5.41) is 0. The second kappa shape index (κ2) is 22.0. The molecule has 232 valence electrons. The van der Waals surface area contributed by atoms with Crippen LogP contribution >= 0.6 is 0 Å². The van der Waals surface area contributed by atoms with Crippen LogP contribution in [0.3, 0.4) is 0 Å². The lowest BCUT2D eigenvalue weighted by Gasteiger charge is -2.27. The van der Waals surface area contributed by atoms with E-state index in [2.05, 4.69) is 79.7 Å². The highest BCUT2D eigenvalue weighted by atomic mass is 16.6. The molecule has 0 aliphatic heterocycles. The van der Waals surface area contributed by atoms with Gasteiger partial charge in [0, 0.05) is 0 Å². The van der Waals surface area contributed by atoms with Crippen LogP contribution in [0, 0.1) is 5.41 Å². The van der Waals surface area contributed by atoms with Gasteiger partial charge in [0.15, 0.2) is 5.41 Å². The molecule has 4 nitrogen and oxygen atoms in total. The zero-order valence-electron chi connectivity index (χ0n) is 28.1. The van der Waals surface area contributed by atoms with E-state index >= 15 is 0 Å². The van der Waals surface area contributed by atoms with Crippen molar-refractivity contribution in [3.8, 4) is 0 Å². The van der Waals surface area contributed by atoms with Crippen molar-refractivity contribution in [1.29, 1.82) is 0 Å². The number of rotatable bonds is 20. The Morgan fingerprint density at radius 1 is 0.488 bits per heavy atom. The molecular formula is C37H60O4. The third kappa shape index (κ3) is 17.7. The fourth-order valence-corrected chi connectivity index (χ4v) is 4.41. The van der Waals surface area contributed by atoms with Crippen LogP contribution < -0.4 is 0 Å². The lowest BCUT2D eigenvalue weighted by atomic mass is 9.79. The van der Waals surface area contributed by atoms with Crippen LogP contribution in [0.5, 0.6) is 0 Å². The van der Waals surface area contributed by atoms with Gasteiger partial charge in [-0.05, 0) is 133 Å². The van der Waals surface area contributed by atoms with Crippen molar-refractivity contribution in [2.75, 3.05) is 13.2 Å². The lowest BCUT2D eigenvalue weighted by Crippen LogP contribution is -2.41. The molecule has 0 unspecified atom stereocenters. The van der Waals surface area contributed by atoms with Gasteiger partial charge in [0.1, 0.15) is 0 Å². The van der Waals surface area contributed by atoms with E-state index in [9.17, 15) is 9.59 Å². The van der Waals surface area contributed by atoms with E-state index in [0.717, 1.165) is 62.5 Å². The van der Waals surface area contributed by atoms with Crippen molar-refractivity contribution in [1.82, 2.24) is 0 Å². The van der Waals surface area contributed by atoms with Crippen LogP contribution in [-0.4, -0.2) is 25.2 Å². The standard InChI is InChI=1S/C37H60O4/c1-11-40-35(38)37(36(39)41-12-2,27-25-33(9)23-15-21-31(7)19-13-17-29(3)4)28-26-34(10)24-16-22-32(8)20-14-18-30(5)6/h17-18,21-22,25-26H,11-16,19-20,23-24,27-28H2,1-10H3. The lowest BCUT2D eigenvalue weighted by molar-refractivity contribution is -0.171. The quantitative estimate of drug-likeness (QED) is 0.0832. The van der Waals surface area contributed by atoms with Gasteiger partial charge < -0.3 is 9.47 Å². The highest BCUT2D eigenvalue weighted by Crippen LogP contribution is 2.34. The average molecular weight is 569 g/mol. The molecule has 0 N–H and O–H groups in total. The number of ether oxygens (including phenoxy) is 2. The molecule has 0 fully saturated rings. The van der Waals surface area contributed by atoms with Crippen molar-refractivity contribution in [2.45, 2.75) is 133 Å². The van der Waals surface area contributed by atoms with Crippen LogP contribution in [0.4, 0.5) is 0 Å². The summed E-state index contributed by atoms with van der Waals surface area (Å²) in [5.74, 6) is -1.01. The highest BCUT2D eigenvalue weighted by molar-refractivity contribution is 6.00. The van der Waals surface area contributed by atoms with Gasteiger partial charge in [0.2, 0.25) is 0 Å². The van der Waals surface area contributed by atoms with Crippen molar-refractivity contribution in [3.63, 3.8) is 0 Å². The fraction of sp³-hybridized carbons (Fsp3) is 0.622. The summed E-state index contributed by atoms with van der Waals surface area (Å²) >= 11 is 0. The van der Waals surface area contributed by atoms with E-state index < -0.39 is 17.4 Å². The van der Waals surface area contributed by atoms with E-state index in [1.807, 2.05) is 12.2 Å². The molecule has 0 saturated heterocycles. The molecule has 0 spiro atoms. The number of carbonyl (C=O) groups excluding carboxylic acids is 2. The second-order valence-electron chi connectivity index (χ2n) is 11.9. The first-order chi connectivity index (χ1) is 19.4. The van der Waals surface area contributed by atoms with E-state index in [-0.39, 0.29) is 26.1 Å². The molecule has 41 heavy (non-hydrogen) atoms. The number of allylic oxidation sites excluding steroid dienone is 12. The predicted octanol–water partition coefficient (Wildman–Crippen LogP) is 10.7. The molecule has 0 rings (SSSR count). The molecule has 0 saturated carbocycles. The molecule has 0 aliphatic carbocycles. The Bertz CT molecular complexity index is 896. The van der Waals surface area contributed by atoms with Gasteiger partial charge in [-0.2, -0.15) is 0 Å². The molecule has 0 aromatic rings. The van der Waals surface area contributed by atoms with E-state index in [0.29, 0.717) is 0 Å². The van der Waals surface area contributed by atoms with Gasteiger partial charge in [-0.3, -0.25) is 9.59 Å². The zero-order valence-corrected chi connectivity index (χ0v) is 28.1. The molecule has 0 aromatic carbocycles. The normalized spacial score (nSPS) is 13.1. The van der Waals surface area contributed by atoms with Crippen LogP contribution in [0.1, 0.15) is 133 Å². The Kier molecular flexibility index (Phi) is 20.6. The minimum absolute atomic E-state index is 0.221. The minimum Gasteiger partial charge on any atom is -0.465 e. The van der Waals surface area contributed by atoms with Crippen LogP contribution in [-0.2, 0) is 19.1 Å². The average Bonchev–Trinajstić information content (AvgIpc) is 2.88. The van der Waals surface area contributed by atoms with E-state index in [1.54, 1.807) is 13.8 Å². The molecule has 0 heterocycles. The zero-order chi connectivity index (χ0) is 31.3. The predicted molar refractivity (Wildman–Crippen MR) is 176 cm³/mol. The van der Waals surface area contributed by atoms with Crippen molar-refractivity contribution in [2.24, 2.45) is 5.41 Å². The molecule has 0 atom stereocenters. The molecule has 0 radical (unpaired) electrons. The molecule has 0 aromatic heterocycles. The van der Waals surface area contributed by atoms with Gasteiger partial charge >= 0.3 is 11.9 Å². The minimum atomic E-state index is -1.37. The summed E-state index contributed by atoms with van der Waals surface area (Å²) < 4.78 is 10.9. The molecule has 0 amide bonds. The maximum atomic E-state index is 13.3. The van der Waals surface area contributed by atoms with Crippen molar-refractivity contribution in [3.05, 3.63) is 69.9 Å². The first-order valence-electron chi connectivity index (χ1n) is 15.6. The van der Waals surface area contributed by atoms with Crippen molar-refractivity contribution >= 4 is 11.9 Å². The van der Waals surface area contributed by atoms with Gasteiger partial charge in [0.05, 0.1) is 13.2 Å². The number of esters is 2. The van der Waals surface area contributed by atoms with E-state index in [4.69, 9.17) is 9.47 Å².